The predicted octanol–water partition coefficient (Wildman–Crippen LogP) is 3.49. The minimum atomic E-state index is 0.386. The van der Waals surface area contributed by atoms with Gasteiger partial charge in [-0.15, -0.1) is 12.3 Å². The van der Waals surface area contributed by atoms with E-state index in [4.69, 9.17) is 6.42 Å². The number of benzene rings is 2. The lowest BCUT2D eigenvalue weighted by Gasteiger charge is -2.18. The van der Waals surface area contributed by atoms with Crippen LogP contribution in [0.25, 0.3) is 16.7 Å². The molecule has 108 valence electrons. The van der Waals surface area contributed by atoms with Gasteiger partial charge in [-0.2, -0.15) is 0 Å². The molecule has 3 aromatic rings. The Bertz CT molecular complexity index is 839. The van der Waals surface area contributed by atoms with E-state index in [1.54, 1.807) is 0 Å². The second-order valence-corrected chi connectivity index (χ2v) is 5.72. The van der Waals surface area contributed by atoms with E-state index < -0.39 is 0 Å². The van der Waals surface area contributed by atoms with Crippen molar-refractivity contribution < 1.29 is 0 Å². The smallest absolute Gasteiger partial charge is 0.100 e. The second kappa shape index (κ2) is 5.23. The fourth-order valence-corrected chi connectivity index (χ4v) is 3.12. The quantitative estimate of drug-likeness (QED) is 0.673. The molecule has 2 aromatic carbocycles. The van der Waals surface area contributed by atoms with Crippen LogP contribution >= 0.6 is 0 Å². The summed E-state index contributed by atoms with van der Waals surface area (Å²) in [6.45, 7) is 2.01. The van der Waals surface area contributed by atoms with Gasteiger partial charge in [0.2, 0.25) is 0 Å². The highest BCUT2D eigenvalue weighted by molar-refractivity contribution is 5.77. The van der Waals surface area contributed by atoms with Gasteiger partial charge in [0.05, 0.1) is 11.0 Å². The zero-order chi connectivity index (χ0) is 14.9. The van der Waals surface area contributed by atoms with E-state index in [1.807, 2.05) is 24.5 Å². The third-order valence-electron chi connectivity index (χ3n) is 4.37. The first kappa shape index (κ1) is 13.0. The highest BCUT2D eigenvalue weighted by atomic mass is 15.1. The molecule has 3 nitrogen and oxygen atoms in total. The van der Waals surface area contributed by atoms with E-state index in [0.29, 0.717) is 5.92 Å². The molecule has 0 radical (unpaired) electrons. The Hall–Kier alpha value is -2.73. The van der Waals surface area contributed by atoms with Crippen LogP contribution in [0.5, 0.6) is 0 Å². The minimum absolute atomic E-state index is 0.386. The lowest BCUT2D eigenvalue weighted by Crippen LogP contribution is -2.19. The average Bonchev–Trinajstić information content (AvgIpc) is 3.22. The second-order valence-electron chi connectivity index (χ2n) is 5.72. The Balaban J connectivity index is 1.64. The molecule has 3 heteroatoms. The molecule has 0 bridgehead atoms. The van der Waals surface area contributed by atoms with Gasteiger partial charge in [-0.25, -0.2) is 4.98 Å². The van der Waals surface area contributed by atoms with Crippen molar-refractivity contribution >= 4 is 16.7 Å². The largest absolute Gasteiger partial charge is 0.370 e. The summed E-state index contributed by atoms with van der Waals surface area (Å²) in [7, 11) is 0. The third-order valence-corrected chi connectivity index (χ3v) is 4.37. The average molecular weight is 287 g/mol. The van der Waals surface area contributed by atoms with E-state index >= 15 is 0 Å². The summed E-state index contributed by atoms with van der Waals surface area (Å²) in [5.74, 6) is 3.25. The van der Waals surface area contributed by atoms with Crippen molar-refractivity contribution in [2.45, 2.75) is 6.42 Å². The van der Waals surface area contributed by atoms with Crippen LogP contribution in [0.2, 0.25) is 0 Å². The van der Waals surface area contributed by atoms with Crippen molar-refractivity contribution in [1.29, 1.82) is 0 Å². The Morgan fingerprint density at radius 1 is 1.05 bits per heavy atom. The number of para-hydroxylation sites is 2. The van der Waals surface area contributed by atoms with Crippen molar-refractivity contribution in [1.82, 2.24) is 9.55 Å². The fourth-order valence-electron chi connectivity index (χ4n) is 3.12. The molecule has 0 N–H and O–H groups in total. The first-order chi connectivity index (χ1) is 10.8. The van der Waals surface area contributed by atoms with Crippen LogP contribution in [0.1, 0.15) is 6.42 Å². The minimum Gasteiger partial charge on any atom is -0.370 e. The molecule has 1 saturated heterocycles. The van der Waals surface area contributed by atoms with Gasteiger partial charge in [0.15, 0.2) is 0 Å². The Kier molecular flexibility index (Phi) is 3.08. The standard InChI is InChI=1S/C19H17N3/c1-2-15-11-12-21(13-15)16-7-9-17(10-8-16)22-14-20-18-5-3-4-6-19(18)22/h1,3-10,14-15H,11-13H2. The fraction of sp³-hybridized carbons (Fsp3) is 0.211. The van der Waals surface area contributed by atoms with Gasteiger partial charge in [-0.3, -0.25) is 4.57 Å². The lowest BCUT2D eigenvalue weighted by molar-refractivity contribution is 0.768. The zero-order valence-electron chi connectivity index (χ0n) is 12.3. The van der Waals surface area contributed by atoms with E-state index in [9.17, 15) is 0 Å². The summed E-state index contributed by atoms with van der Waals surface area (Å²) in [5, 5.41) is 0. The van der Waals surface area contributed by atoms with E-state index in [0.717, 1.165) is 36.2 Å². The topological polar surface area (TPSA) is 21.1 Å². The summed E-state index contributed by atoms with van der Waals surface area (Å²) >= 11 is 0. The van der Waals surface area contributed by atoms with Crippen LogP contribution in [-0.4, -0.2) is 22.6 Å². The molecule has 1 unspecified atom stereocenters. The number of rotatable bonds is 2. The van der Waals surface area contributed by atoms with E-state index in [1.165, 1.54) is 5.69 Å². The summed E-state index contributed by atoms with van der Waals surface area (Å²) < 4.78 is 2.12. The summed E-state index contributed by atoms with van der Waals surface area (Å²) in [5.41, 5.74) is 4.52. The highest BCUT2D eigenvalue weighted by Crippen LogP contribution is 2.25. The highest BCUT2D eigenvalue weighted by Gasteiger charge is 2.20. The molecule has 1 aliphatic heterocycles. The van der Waals surface area contributed by atoms with Crippen molar-refractivity contribution in [2.75, 3.05) is 18.0 Å². The van der Waals surface area contributed by atoms with Crippen LogP contribution in [-0.2, 0) is 0 Å². The van der Waals surface area contributed by atoms with Gasteiger partial charge in [-0.05, 0) is 42.8 Å². The molecule has 0 spiro atoms. The monoisotopic (exact) mass is 287 g/mol. The maximum absolute atomic E-state index is 5.53. The van der Waals surface area contributed by atoms with Crippen molar-refractivity contribution in [3.8, 4) is 18.0 Å². The molecule has 0 aliphatic carbocycles. The van der Waals surface area contributed by atoms with E-state index in [-0.39, 0.29) is 0 Å². The Morgan fingerprint density at radius 2 is 1.82 bits per heavy atom. The molecule has 1 atom stereocenters. The number of terminal acetylenes is 1. The number of aromatic nitrogens is 2. The van der Waals surface area contributed by atoms with Crippen LogP contribution in [0.4, 0.5) is 5.69 Å². The molecular weight excluding hydrogens is 270 g/mol. The van der Waals surface area contributed by atoms with E-state index in [2.05, 4.69) is 50.7 Å². The molecule has 22 heavy (non-hydrogen) atoms. The van der Waals surface area contributed by atoms with Crippen molar-refractivity contribution in [3.63, 3.8) is 0 Å². The van der Waals surface area contributed by atoms with Crippen molar-refractivity contribution in [3.05, 3.63) is 54.9 Å². The van der Waals surface area contributed by atoms with Crippen LogP contribution in [0.3, 0.4) is 0 Å². The van der Waals surface area contributed by atoms with Gasteiger partial charge in [-0.1, -0.05) is 12.1 Å². The van der Waals surface area contributed by atoms with Crippen LogP contribution < -0.4 is 4.90 Å². The Labute approximate surface area is 130 Å². The summed E-state index contributed by atoms with van der Waals surface area (Å²) in [6.07, 6.45) is 8.49. The number of hydrogen-bond donors (Lipinski definition) is 0. The number of anilines is 1. The molecular formula is C19H17N3. The van der Waals surface area contributed by atoms with Gasteiger partial charge in [0.25, 0.3) is 0 Å². The first-order valence-corrected chi connectivity index (χ1v) is 7.59. The molecule has 2 heterocycles. The van der Waals surface area contributed by atoms with Crippen LogP contribution in [0, 0.1) is 18.3 Å². The van der Waals surface area contributed by atoms with Gasteiger partial charge in [0.1, 0.15) is 6.33 Å². The molecule has 4 rings (SSSR count). The molecule has 0 amide bonds. The summed E-state index contributed by atoms with van der Waals surface area (Å²) in [6, 6.07) is 16.8. The maximum Gasteiger partial charge on any atom is 0.100 e. The Morgan fingerprint density at radius 3 is 2.59 bits per heavy atom. The van der Waals surface area contributed by atoms with Crippen molar-refractivity contribution in [2.24, 2.45) is 5.92 Å². The predicted molar refractivity (Wildman–Crippen MR) is 90.2 cm³/mol. The number of nitrogens with zero attached hydrogens (tertiary/aromatic N) is 3. The third kappa shape index (κ3) is 2.14. The van der Waals surface area contributed by atoms with Crippen LogP contribution in [0.15, 0.2) is 54.9 Å². The molecule has 0 saturated carbocycles. The van der Waals surface area contributed by atoms with Gasteiger partial charge >= 0.3 is 0 Å². The lowest BCUT2D eigenvalue weighted by atomic mass is 10.1. The molecule has 1 aliphatic rings. The zero-order valence-corrected chi connectivity index (χ0v) is 12.3. The van der Waals surface area contributed by atoms with Gasteiger partial charge in [0, 0.05) is 30.4 Å². The molecule has 1 aromatic heterocycles. The molecule has 1 fully saturated rings. The van der Waals surface area contributed by atoms with Gasteiger partial charge < -0.3 is 4.90 Å². The number of hydrogen-bond acceptors (Lipinski definition) is 2. The number of imidazole rings is 1. The number of fused-ring (bicyclic) bond motifs is 1. The first-order valence-electron chi connectivity index (χ1n) is 7.59. The maximum atomic E-state index is 5.53. The normalized spacial score (nSPS) is 17.8. The summed E-state index contributed by atoms with van der Waals surface area (Å²) in [4.78, 5) is 6.81. The SMILES string of the molecule is C#CC1CCN(c2ccc(-n3cnc4ccccc43)cc2)C1.